The molecule has 1 aliphatic rings. The third-order valence-corrected chi connectivity index (χ3v) is 4.61. The number of fused-ring (bicyclic) bond motifs is 1. The lowest BCUT2D eigenvalue weighted by atomic mass is 10.1. The van der Waals surface area contributed by atoms with Crippen LogP contribution >= 0.6 is 0 Å². The number of benzene rings is 2. The number of morpholine rings is 1. The summed E-state index contributed by atoms with van der Waals surface area (Å²) < 4.78 is 25.8. The number of hydrogen-bond donors (Lipinski definition) is 0. The predicted octanol–water partition coefficient (Wildman–Crippen LogP) is 2.81. The second-order valence-corrected chi connectivity index (χ2v) is 6.20. The first-order valence-electron chi connectivity index (χ1n) is 8.38. The largest absolute Gasteiger partial charge is 0.419 e. The lowest BCUT2D eigenvalue weighted by Crippen LogP contribution is -2.40. The Balaban J connectivity index is 1.45. The molecule has 0 radical (unpaired) electrons. The van der Waals surface area contributed by atoms with Crippen LogP contribution in [-0.4, -0.2) is 35.7 Å². The van der Waals surface area contributed by atoms with Gasteiger partial charge in [-0.05, 0) is 29.8 Å². The van der Waals surface area contributed by atoms with Crippen LogP contribution in [0.25, 0.3) is 11.1 Å². The summed E-state index contributed by atoms with van der Waals surface area (Å²) >= 11 is 0. The zero-order valence-electron chi connectivity index (χ0n) is 13.7. The molecule has 25 heavy (non-hydrogen) atoms. The molecule has 0 aliphatic carbocycles. The lowest BCUT2D eigenvalue weighted by molar-refractivity contribution is -0.0309. The van der Waals surface area contributed by atoms with Crippen LogP contribution in [0.2, 0.25) is 0 Å². The third-order valence-electron chi connectivity index (χ3n) is 4.61. The Hall–Kier alpha value is -2.44. The van der Waals surface area contributed by atoms with E-state index < -0.39 is 0 Å². The Morgan fingerprint density at radius 2 is 1.88 bits per heavy atom. The van der Waals surface area contributed by atoms with Gasteiger partial charge in [-0.2, -0.15) is 0 Å². The predicted molar refractivity (Wildman–Crippen MR) is 92.0 cm³/mol. The van der Waals surface area contributed by atoms with Gasteiger partial charge in [-0.15, -0.1) is 0 Å². The van der Waals surface area contributed by atoms with Crippen LogP contribution < -0.4 is 5.76 Å². The Morgan fingerprint density at radius 1 is 1.08 bits per heavy atom. The van der Waals surface area contributed by atoms with Crippen molar-refractivity contribution < 1.29 is 13.5 Å². The standard InChI is InChI=1S/C19H19FN2O3/c20-15-7-5-14(6-8-15)18-13-21(11-12-24-18)9-10-22-16-3-1-2-4-17(16)25-19(22)23/h1-8,18H,9-13H2/t18-/m1/s1. The summed E-state index contributed by atoms with van der Waals surface area (Å²) in [5, 5.41) is 0. The molecular formula is C19H19FN2O3. The zero-order valence-corrected chi connectivity index (χ0v) is 13.7. The van der Waals surface area contributed by atoms with Crippen molar-refractivity contribution in [2.75, 3.05) is 26.2 Å². The molecule has 4 rings (SSSR count). The number of para-hydroxylation sites is 2. The van der Waals surface area contributed by atoms with Gasteiger partial charge in [-0.3, -0.25) is 9.47 Å². The maximum absolute atomic E-state index is 13.1. The number of nitrogens with zero attached hydrogens (tertiary/aromatic N) is 2. The molecule has 3 aromatic rings. The fourth-order valence-corrected chi connectivity index (χ4v) is 3.25. The van der Waals surface area contributed by atoms with Gasteiger partial charge in [-0.1, -0.05) is 24.3 Å². The van der Waals surface area contributed by atoms with Gasteiger partial charge in [0.05, 0.1) is 18.2 Å². The quantitative estimate of drug-likeness (QED) is 0.731. The minimum atomic E-state index is -0.329. The average molecular weight is 342 g/mol. The highest BCUT2D eigenvalue weighted by Crippen LogP contribution is 2.22. The number of aromatic nitrogens is 1. The summed E-state index contributed by atoms with van der Waals surface area (Å²) in [5.41, 5.74) is 2.39. The van der Waals surface area contributed by atoms with Crippen LogP contribution in [0.15, 0.2) is 57.7 Å². The van der Waals surface area contributed by atoms with Crippen LogP contribution in [0.4, 0.5) is 4.39 Å². The normalized spacial score (nSPS) is 18.7. The molecule has 1 fully saturated rings. The van der Waals surface area contributed by atoms with Crippen molar-refractivity contribution >= 4 is 11.1 Å². The van der Waals surface area contributed by atoms with E-state index in [1.54, 1.807) is 22.8 Å². The molecule has 2 heterocycles. The highest BCUT2D eigenvalue weighted by Gasteiger charge is 2.22. The molecule has 1 aliphatic heterocycles. The Bertz CT molecular complexity index is 916. The van der Waals surface area contributed by atoms with E-state index in [1.807, 2.05) is 18.2 Å². The van der Waals surface area contributed by atoms with Gasteiger partial charge in [0.25, 0.3) is 0 Å². The monoisotopic (exact) mass is 342 g/mol. The van der Waals surface area contributed by atoms with Gasteiger partial charge in [-0.25, -0.2) is 9.18 Å². The highest BCUT2D eigenvalue weighted by molar-refractivity contribution is 5.72. The summed E-state index contributed by atoms with van der Waals surface area (Å²) in [5.74, 6) is -0.577. The molecule has 0 N–H and O–H groups in total. The molecule has 130 valence electrons. The molecule has 1 saturated heterocycles. The molecule has 2 aromatic carbocycles. The van der Waals surface area contributed by atoms with Crippen LogP contribution in [0, 0.1) is 5.82 Å². The zero-order chi connectivity index (χ0) is 17.2. The summed E-state index contributed by atoms with van der Waals surface area (Å²) in [6, 6.07) is 13.9. The number of ether oxygens (including phenoxy) is 1. The molecule has 5 nitrogen and oxygen atoms in total. The summed E-state index contributed by atoms with van der Waals surface area (Å²) in [7, 11) is 0. The fourth-order valence-electron chi connectivity index (χ4n) is 3.25. The van der Waals surface area contributed by atoms with Crippen LogP contribution in [-0.2, 0) is 11.3 Å². The van der Waals surface area contributed by atoms with Crippen molar-refractivity contribution in [3.8, 4) is 0 Å². The maximum Gasteiger partial charge on any atom is 0.419 e. The highest BCUT2D eigenvalue weighted by atomic mass is 19.1. The summed E-state index contributed by atoms with van der Waals surface area (Å²) in [6.45, 7) is 3.43. The molecule has 1 atom stereocenters. The van der Waals surface area contributed by atoms with Gasteiger partial charge in [0, 0.05) is 26.2 Å². The van der Waals surface area contributed by atoms with E-state index in [0.29, 0.717) is 18.7 Å². The van der Waals surface area contributed by atoms with Crippen molar-refractivity contribution in [1.82, 2.24) is 9.47 Å². The van der Waals surface area contributed by atoms with E-state index in [9.17, 15) is 9.18 Å². The first-order valence-corrected chi connectivity index (χ1v) is 8.38. The van der Waals surface area contributed by atoms with E-state index in [2.05, 4.69) is 4.90 Å². The molecular weight excluding hydrogens is 323 g/mol. The number of halogens is 1. The van der Waals surface area contributed by atoms with Gasteiger partial charge in [0.2, 0.25) is 0 Å². The minimum absolute atomic E-state index is 0.0767. The lowest BCUT2D eigenvalue weighted by Gasteiger charge is -2.33. The SMILES string of the molecule is O=c1oc2ccccc2n1CCN1CCO[C@@H](c2ccc(F)cc2)C1. The summed E-state index contributed by atoms with van der Waals surface area (Å²) in [4.78, 5) is 14.3. The second-order valence-electron chi connectivity index (χ2n) is 6.20. The van der Waals surface area contributed by atoms with Crippen LogP contribution in [0.3, 0.4) is 0 Å². The Kier molecular flexibility index (Phi) is 4.38. The second kappa shape index (κ2) is 6.82. The molecule has 0 bridgehead atoms. The van der Waals surface area contributed by atoms with Crippen molar-refractivity contribution in [3.05, 3.63) is 70.5 Å². The van der Waals surface area contributed by atoms with E-state index in [-0.39, 0.29) is 17.7 Å². The van der Waals surface area contributed by atoms with E-state index in [1.165, 1.54) is 12.1 Å². The smallest absolute Gasteiger partial charge is 0.408 e. The number of rotatable bonds is 4. The molecule has 1 aromatic heterocycles. The van der Waals surface area contributed by atoms with Crippen molar-refractivity contribution in [2.24, 2.45) is 0 Å². The van der Waals surface area contributed by atoms with Crippen LogP contribution in [0.5, 0.6) is 0 Å². The van der Waals surface area contributed by atoms with Gasteiger partial charge in [0.1, 0.15) is 5.82 Å². The van der Waals surface area contributed by atoms with Gasteiger partial charge >= 0.3 is 5.76 Å². The van der Waals surface area contributed by atoms with Gasteiger partial charge in [0.15, 0.2) is 5.58 Å². The summed E-state index contributed by atoms with van der Waals surface area (Å²) in [6.07, 6.45) is -0.0767. The Labute approximate surface area is 144 Å². The van der Waals surface area contributed by atoms with E-state index in [4.69, 9.17) is 9.15 Å². The van der Waals surface area contributed by atoms with E-state index in [0.717, 1.165) is 30.7 Å². The maximum atomic E-state index is 13.1. The number of hydrogen-bond acceptors (Lipinski definition) is 4. The minimum Gasteiger partial charge on any atom is -0.408 e. The molecule has 0 amide bonds. The van der Waals surface area contributed by atoms with Gasteiger partial charge < -0.3 is 9.15 Å². The fraction of sp³-hybridized carbons (Fsp3) is 0.316. The number of oxazole rings is 1. The first-order chi connectivity index (χ1) is 12.2. The molecule has 0 saturated carbocycles. The Morgan fingerprint density at radius 3 is 2.72 bits per heavy atom. The first kappa shape index (κ1) is 16.1. The third kappa shape index (κ3) is 3.36. The molecule has 0 unspecified atom stereocenters. The topological polar surface area (TPSA) is 47.6 Å². The van der Waals surface area contributed by atoms with Crippen molar-refractivity contribution in [2.45, 2.75) is 12.6 Å². The molecule has 6 heteroatoms. The average Bonchev–Trinajstić information content (AvgIpc) is 2.96. The van der Waals surface area contributed by atoms with Crippen LogP contribution in [0.1, 0.15) is 11.7 Å². The molecule has 0 spiro atoms. The van der Waals surface area contributed by atoms with E-state index >= 15 is 0 Å². The van der Waals surface area contributed by atoms with Crippen molar-refractivity contribution in [3.63, 3.8) is 0 Å². The van der Waals surface area contributed by atoms with Crippen molar-refractivity contribution in [1.29, 1.82) is 0 Å².